The summed E-state index contributed by atoms with van der Waals surface area (Å²) in [5.41, 5.74) is 1.73. The molecule has 0 saturated heterocycles. The van der Waals surface area contributed by atoms with Crippen molar-refractivity contribution in [1.82, 2.24) is 10.6 Å². The Balaban J connectivity index is 2.39. The van der Waals surface area contributed by atoms with Gasteiger partial charge >= 0.3 is 6.18 Å². The number of hydrogen-bond donors (Lipinski definition) is 2. The molecule has 2 N–H and O–H groups in total. The average Bonchev–Trinajstić information content (AvgIpc) is 2.58. The summed E-state index contributed by atoms with van der Waals surface area (Å²) in [6.45, 7) is 4.53. The maximum Gasteiger partial charge on any atom is 0.411 e. The lowest BCUT2D eigenvalue weighted by Crippen LogP contribution is -2.39. The van der Waals surface area contributed by atoms with E-state index in [0.717, 1.165) is 30.9 Å². The van der Waals surface area contributed by atoms with Crippen LogP contribution < -0.4 is 10.6 Å². The van der Waals surface area contributed by atoms with Crippen LogP contribution in [-0.2, 0) is 17.9 Å². The van der Waals surface area contributed by atoms with Gasteiger partial charge in [-0.05, 0) is 17.0 Å². The molecule has 0 fully saturated rings. The van der Waals surface area contributed by atoms with Crippen LogP contribution in [0.1, 0.15) is 37.8 Å². The lowest BCUT2D eigenvalue weighted by molar-refractivity contribution is -0.176. The second-order valence-corrected chi connectivity index (χ2v) is 5.91. The third-order valence-corrected chi connectivity index (χ3v) is 3.95. The number of nitrogens with one attached hydrogen (secondary N) is 2. The Morgan fingerprint density at radius 1 is 1.08 bits per heavy atom. The monoisotopic (exact) mass is 359 g/mol. The van der Waals surface area contributed by atoms with E-state index < -0.39 is 12.8 Å². The summed E-state index contributed by atoms with van der Waals surface area (Å²) in [5, 5.41) is 6.54. The highest BCUT2D eigenvalue weighted by Gasteiger charge is 2.27. The largest absolute Gasteiger partial charge is 0.411 e. The van der Waals surface area contributed by atoms with Crippen molar-refractivity contribution < 1.29 is 17.9 Å². The van der Waals surface area contributed by atoms with Crippen molar-refractivity contribution in [2.75, 3.05) is 20.2 Å². The van der Waals surface area contributed by atoms with Gasteiger partial charge in [0.05, 0.1) is 6.61 Å². The van der Waals surface area contributed by atoms with Crippen molar-refractivity contribution in [2.24, 2.45) is 10.9 Å². The first-order valence-electron chi connectivity index (χ1n) is 8.54. The van der Waals surface area contributed by atoms with Gasteiger partial charge in [-0.1, -0.05) is 51.0 Å². The molecule has 7 heteroatoms. The Bertz CT molecular complexity index is 511. The number of ether oxygens (including phenoxy) is 1. The van der Waals surface area contributed by atoms with Crippen LogP contribution in [0.5, 0.6) is 0 Å². The molecule has 4 nitrogen and oxygen atoms in total. The first-order chi connectivity index (χ1) is 11.9. The second kappa shape index (κ2) is 11.0. The standard InChI is InChI=1S/C18H28F3N3O/c1-4-14(5-2)10-23-17(22-3)24-11-15-6-8-16(9-7-15)12-25-13-18(19,20)21/h6-9,14H,4-5,10-13H2,1-3H3,(H2,22,23,24). The Hall–Kier alpha value is -1.76. The van der Waals surface area contributed by atoms with Gasteiger partial charge in [-0.2, -0.15) is 13.2 Å². The maximum atomic E-state index is 12.0. The van der Waals surface area contributed by atoms with Crippen LogP contribution >= 0.6 is 0 Å². The molecular formula is C18H28F3N3O. The molecule has 142 valence electrons. The Labute approximate surface area is 147 Å². The van der Waals surface area contributed by atoms with E-state index in [1.165, 1.54) is 0 Å². The smallest absolute Gasteiger partial charge is 0.367 e. The normalized spacial score (nSPS) is 12.5. The minimum absolute atomic E-state index is 0.0497. The highest BCUT2D eigenvalue weighted by molar-refractivity contribution is 5.79. The minimum Gasteiger partial charge on any atom is -0.367 e. The summed E-state index contributed by atoms with van der Waals surface area (Å²) >= 11 is 0. The van der Waals surface area contributed by atoms with Gasteiger partial charge in [-0.15, -0.1) is 0 Å². The molecule has 0 amide bonds. The van der Waals surface area contributed by atoms with Crippen molar-refractivity contribution in [3.05, 3.63) is 35.4 Å². The molecule has 0 aliphatic rings. The molecule has 1 aromatic rings. The summed E-state index contributed by atoms with van der Waals surface area (Å²) in [5.74, 6) is 1.36. The fourth-order valence-corrected chi connectivity index (χ4v) is 2.26. The molecular weight excluding hydrogens is 331 g/mol. The number of hydrogen-bond acceptors (Lipinski definition) is 2. The predicted octanol–water partition coefficient (Wildman–Crippen LogP) is 3.87. The van der Waals surface area contributed by atoms with Crippen LogP contribution in [0, 0.1) is 5.92 Å². The Morgan fingerprint density at radius 3 is 2.20 bits per heavy atom. The first kappa shape index (κ1) is 21.3. The van der Waals surface area contributed by atoms with Gasteiger partial charge < -0.3 is 15.4 Å². The topological polar surface area (TPSA) is 45.7 Å². The fraction of sp³-hybridized carbons (Fsp3) is 0.611. The van der Waals surface area contributed by atoms with Gasteiger partial charge in [0, 0.05) is 20.1 Å². The van der Waals surface area contributed by atoms with Crippen molar-refractivity contribution in [1.29, 1.82) is 0 Å². The number of aliphatic imine (C=N–C) groups is 1. The van der Waals surface area contributed by atoms with Crippen molar-refractivity contribution >= 4 is 5.96 Å². The fourth-order valence-electron chi connectivity index (χ4n) is 2.26. The van der Waals surface area contributed by atoms with Gasteiger partial charge in [0.25, 0.3) is 0 Å². The van der Waals surface area contributed by atoms with Gasteiger partial charge in [0.1, 0.15) is 6.61 Å². The van der Waals surface area contributed by atoms with E-state index in [1.54, 1.807) is 19.2 Å². The Kier molecular flexibility index (Phi) is 9.34. The van der Waals surface area contributed by atoms with Gasteiger partial charge in [0.15, 0.2) is 5.96 Å². The molecule has 0 saturated carbocycles. The molecule has 1 aromatic carbocycles. The summed E-state index contributed by atoms with van der Waals surface area (Å²) in [6, 6.07) is 7.28. The number of nitrogens with zero attached hydrogens (tertiary/aromatic N) is 1. The van der Waals surface area contributed by atoms with Crippen LogP contribution in [0.4, 0.5) is 13.2 Å². The zero-order valence-electron chi connectivity index (χ0n) is 15.1. The van der Waals surface area contributed by atoms with E-state index in [9.17, 15) is 13.2 Å². The van der Waals surface area contributed by atoms with E-state index in [0.29, 0.717) is 18.0 Å². The van der Waals surface area contributed by atoms with E-state index in [-0.39, 0.29) is 6.61 Å². The van der Waals surface area contributed by atoms with Gasteiger partial charge in [-0.3, -0.25) is 4.99 Å². The third-order valence-electron chi connectivity index (χ3n) is 3.95. The summed E-state index contributed by atoms with van der Waals surface area (Å²) in [4.78, 5) is 4.19. The lowest BCUT2D eigenvalue weighted by atomic mass is 10.0. The average molecular weight is 359 g/mol. The summed E-state index contributed by atoms with van der Waals surface area (Å²) in [6.07, 6.45) is -2.04. The lowest BCUT2D eigenvalue weighted by Gasteiger charge is -2.16. The van der Waals surface area contributed by atoms with Crippen molar-refractivity contribution in [3.63, 3.8) is 0 Å². The molecule has 0 aliphatic heterocycles. The summed E-state index contributed by atoms with van der Waals surface area (Å²) in [7, 11) is 1.73. The number of alkyl halides is 3. The van der Waals surface area contributed by atoms with Gasteiger partial charge in [0.2, 0.25) is 0 Å². The summed E-state index contributed by atoms with van der Waals surface area (Å²) < 4.78 is 40.8. The molecule has 0 unspecified atom stereocenters. The molecule has 0 aromatic heterocycles. The van der Waals surface area contributed by atoms with Crippen LogP contribution in [-0.4, -0.2) is 32.3 Å². The molecule has 0 radical (unpaired) electrons. The quantitative estimate of drug-likeness (QED) is 0.520. The number of rotatable bonds is 9. The SMILES string of the molecule is CCC(CC)CNC(=NC)NCc1ccc(COCC(F)(F)F)cc1. The van der Waals surface area contributed by atoms with E-state index in [4.69, 9.17) is 0 Å². The molecule has 0 spiro atoms. The van der Waals surface area contributed by atoms with Gasteiger partial charge in [-0.25, -0.2) is 0 Å². The maximum absolute atomic E-state index is 12.0. The van der Waals surface area contributed by atoms with Crippen LogP contribution in [0.25, 0.3) is 0 Å². The van der Waals surface area contributed by atoms with Crippen LogP contribution in [0.3, 0.4) is 0 Å². The molecule has 0 atom stereocenters. The molecule has 25 heavy (non-hydrogen) atoms. The predicted molar refractivity (Wildman–Crippen MR) is 94.4 cm³/mol. The van der Waals surface area contributed by atoms with Crippen LogP contribution in [0.15, 0.2) is 29.3 Å². The third kappa shape index (κ3) is 9.34. The highest BCUT2D eigenvalue weighted by Crippen LogP contribution is 2.15. The molecule has 0 aliphatic carbocycles. The molecule has 0 bridgehead atoms. The zero-order valence-corrected chi connectivity index (χ0v) is 15.1. The first-order valence-corrected chi connectivity index (χ1v) is 8.54. The number of guanidine groups is 1. The molecule has 0 heterocycles. The van der Waals surface area contributed by atoms with E-state index in [2.05, 4.69) is 34.2 Å². The van der Waals surface area contributed by atoms with E-state index in [1.807, 2.05) is 12.1 Å². The number of benzene rings is 1. The number of halogens is 3. The molecule has 1 rings (SSSR count). The Morgan fingerprint density at radius 2 is 1.68 bits per heavy atom. The van der Waals surface area contributed by atoms with Crippen molar-refractivity contribution in [3.8, 4) is 0 Å². The highest BCUT2D eigenvalue weighted by atomic mass is 19.4. The van der Waals surface area contributed by atoms with Crippen molar-refractivity contribution in [2.45, 2.75) is 46.0 Å². The van der Waals surface area contributed by atoms with Crippen LogP contribution in [0.2, 0.25) is 0 Å². The van der Waals surface area contributed by atoms with E-state index >= 15 is 0 Å². The second-order valence-electron chi connectivity index (χ2n) is 5.91. The zero-order chi connectivity index (χ0) is 18.7. The minimum atomic E-state index is -4.29.